The van der Waals surface area contributed by atoms with Crippen LogP contribution in [0.4, 0.5) is 0 Å². The lowest BCUT2D eigenvalue weighted by molar-refractivity contribution is -0.121. The van der Waals surface area contributed by atoms with Gasteiger partial charge in [0.05, 0.1) is 6.54 Å². The van der Waals surface area contributed by atoms with E-state index in [1.165, 1.54) is 44.9 Å². The van der Waals surface area contributed by atoms with Crippen LogP contribution in [0.15, 0.2) is 0 Å². The van der Waals surface area contributed by atoms with Crippen molar-refractivity contribution in [3.8, 4) is 0 Å². The fourth-order valence-corrected chi connectivity index (χ4v) is 3.03. The maximum absolute atomic E-state index is 11.9. The second-order valence-electron chi connectivity index (χ2n) is 6.53. The molecule has 0 saturated heterocycles. The molecule has 2 fully saturated rings. The Morgan fingerprint density at radius 2 is 1.85 bits per heavy atom. The van der Waals surface area contributed by atoms with Gasteiger partial charge in [-0.2, -0.15) is 0 Å². The highest BCUT2D eigenvalue weighted by atomic mass is 35.5. The molecule has 0 radical (unpaired) electrons. The quantitative estimate of drug-likeness (QED) is 0.754. The highest BCUT2D eigenvalue weighted by molar-refractivity contribution is 5.85. The van der Waals surface area contributed by atoms with E-state index in [1.54, 1.807) is 0 Å². The molecule has 0 atom stereocenters. The summed E-state index contributed by atoms with van der Waals surface area (Å²) in [5.41, 5.74) is 0.185. The zero-order valence-corrected chi connectivity index (χ0v) is 13.7. The highest BCUT2D eigenvalue weighted by Gasteiger charge is 2.34. The minimum absolute atomic E-state index is 0. The Morgan fingerprint density at radius 1 is 1.20 bits per heavy atom. The lowest BCUT2D eigenvalue weighted by Gasteiger charge is -2.43. The number of carbonyl (C=O) groups excluding carboxylic acids is 1. The van der Waals surface area contributed by atoms with Crippen molar-refractivity contribution >= 4 is 18.3 Å². The minimum atomic E-state index is 0. The molecular formula is C15H30ClN3O. The monoisotopic (exact) mass is 303 g/mol. The molecule has 0 unspecified atom stereocenters. The Balaban J connectivity index is 0.00000200. The van der Waals surface area contributed by atoms with E-state index in [0.29, 0.717) is 6.54 Å². The van der Waals surface area contributed by atoms with Crippen LogP contribution in [-0.2, 0) is 4.79 Å². The summed E-state index contributed by atoms with van der Waals surface area (Å²) >= 11 is 0. The van der Waals surface area contributed by atoms with Crippen LogP contribution in [0.2, 0.25) is 0 Å². The van der Waals surface area contributed by atoms with E-state index in [0.717, 1.165) is 19.0 Å². The first-order chi connectivity index (χ1) is 9.12. The van der Waals surface area contributed by atoms with E-state index in [-0.39, 0.29) is 23.9 Å². The SMILES string of the molecule is CN(C)C1(CNC(=O)CNCC2CC2)CCCCC1.Cl. The third kappa shape index (κ3) is 5.23. The zero-order valence-electron chi connectivity index (χ0n) is 12.9. The number of nitrogens with zero attached hydrogens (tertiary/aromatic N) is 1. The first-order valence-electron chi connectivity index (χ1n) is 7.77. The van der Waals surface area contributed by atoms with Crippen molar-refractivity contribution in [1.82, 2.24) is 15.5 Å². The second kappa shape index (κ2) is 8.20. The summed E-state index contributed by atoms with van der Waals surface area (Å²) < 4.78 is 0. The molecule has 4 nitrogen and oxygen atoms in total. The Hall–Kier alpha value is -0.320. The normalized spacial score (nSPS) is 21.4. The van der Waals surface area contributed by atoms with E-state index in [4.69, 9.17) is 0 Å². The number of likely N-dealkylation sites (N-methyl/N-ethyl adjacent to an activating group) is 1. The molecule has 0 aliphatic heterocycles. The highest BCUT2D eigenvalue weighted by Crippen LogP contribution is 2.31. The lowest BCUT2D eigenvalue weighted by Crippen LogP contribution is -2.54. The summed E-state index contributed by atoms with van der Waals surface area (Å²) in [4.78, 5) is 14.2. The minimum Gasteiger partial charge on any atom is -0.353 e. The molecule has 5 heteroatoms. The zero-order chi connectivity index (χ0) is 13.7. The van der Waals surface area contributed by atoms with Crippen LogP contribution in [0.25, 0.3) is 0 Å². The van der Waals surface area contributed by atoms with Gasteiger partial charge in [-0.15, -0.1) is 12.4 Å². The maximum atomic E-state index is 11.9. The van der Waals surface area contributed by atoms with E-state index in [2.05, 4.69) is 29.6 Å². The van der Waals surface area contributed by atoms with Crippen molar-refractivity contribution in [2.45, 2.75) is 50.5 Å². The van der Waals surface area contributed by atoms with Gasteiger partial charge in [0.2, 0.25) is 5.91 Å². The molecule has 0 aromatic heterocycles. The first kappa shape index (κ1) is 17.7. The van der Waals surface area contributed by atoms with Crippen molar-refractivity contribution in [2.75, 3.05) is 33.7 Å². The summed E-state index contributed by atoms with van der Waals surface area (Å²) in [7, 11) is 4.28. The molecule has 0 heterocycles. The van der Waals surface area contributed by atoms with Gasteiger partial charge >= 0.3 is 0 Å². The fraction of sp³-hybridized carbons (Fsp3) is 0.933. The van der Waals surface area contributed by atoms with E-state index < -0.39 is 0 Å². The van der Waals surface area contributed by atoms with Crippen molar-refractivity contribution < 1.29 is 4.79 Å². The number of hydrogen-bond donors (Lipinski definition) is 2. The molecule has 20 heavy (non-hydrogen) atoms. The fourth-order valence-electron chi connectivity index (χ4n) is 3.03. The van der Waals surface area contributed by atoms with Gasteiger partial charge in [-0.1, -0.05) is 19.3 Å². The molecular weight excluding hydrogens is 274 g/mol. The molecule has 2 aliphatic rings. The number of carbonyl (C=O) groups is 1. The van der Waals surface area contributed by atoms with Gasteiger partial charge in [-0.25, -0.2) is 0 Å². The maximum Gasteiger partial charge on any atom is 0.234 e. The van der Waals surface area contributed by atoms with Gasteiger partial charge in [0, 0.05) is 12.1 Å². The van der Waals surface area contributed by atoms with Crippen molar-refractivity contribution in [3.05, 3.63) is 0 Å². The molecule has 118 valence electrons. The van der Waals surface area contributed by atoms with Gasteiger partial charge in [-0.3, -0.25) is 4.79 Å². The molecule has 2 saturated carbocycles. The predicted molar refractivity (Wildman–Crippen MR) is 85.4 cm³/mol. The number of halogens is 1. The number of amides is 1. The van der Waals surface area contributed by atoms with Crippen LogP contribution >= 0.6 is 12.4 Å². The first-order valence-corrected chi connectivity index (χ1v) is 7.77. The Kier molecular flexibility index (Phi) is 7.27. The summed E-state index contributed by atoms with van der Waals surface area (Å²) in [5.74, 6) is 0.978. The molecule has 2 N–H and O–H groups in total. The van der Waals surface area contributed by atoms with Crippen LogP contribution in [0.3, 0.4) is 0 Å². The Labute approximate surface area is 129 Å². The van der Waals surface area contributed by atoms with Gasteiger partial charge in [0.15, 0.2) is 0 Å². The lowest BCUT2D eigenvalue weighted by atomic mass is 9.80. The number of nitrogens with one attached hydrogen (secondary N) is 2. The van der Waals surface area contributed by atoms with E-state index >= 15 is 0 Å². The average molecular weight is 304 g/mol. The van der Waals surface area contributed by atoms with Gasteiger partial charge < -0.3 is 15.5 Å². The number of hydrogen-bond acceptors (Lipinski definition) is 3. The van der Waals surface area contributed by atoms with Crippen molar-refractivity contribution in [1.29, 1.82) is 0 Å². The summed E-state index contributed by atoms with van der Waals surface area (Å²) in [6.45, 7) is 2.27. The van der Waals surface area contributed by atoms with Gasteiger partial charge in [0.1, 0.15) is 0 Å². The van der Waals surface area contributed by atoms with Gasteiger partial charge in [0.25, 0.3) is 0 Å². The molecule has 1 amide bonds. The van der Waals surface area contributed by atoms with Crippen LogP contribution in [0.1, 0.15) is 44.9 Å². The molecule has 0 bridgehead atoms. The predicted octanol–water partition coefficient (Wildman–Crippen LogP) is 1.79. The third-order valence-electron chi connectivity index (χ3n) is 4.76. The molecule has 0 aromatic rings. The van der Waals surface area contributed by atoms with E-state index in [1.807, 2.05) is 0 Å². The topological polar surface area (TPSA) is 44.4 Å². The van der Waals surface area contributed by atoms with Crippen LogP contribution in [0.5, 0.6) is 0 Å². The van der Waals surface area contributed by atoms with Crippen molar-refractivity contribution in [3.63, 3.8) is 0 Å². The molecule has 2 aliphatic carbocycles. The van der Waals surface area contributed by atoms with Gasteiger partial charge in [-0.05, 0) is 52.2 Å². The standard InChI is InChI=1S/C15H29N3O.ClH/c1-18(2)15(8-4-3-5-9-15)12-17-14(19)11-16-10-13-6-7-13;/h13,16H,3-12H2,1-2H3,(H,17,19);1H. The molecule has 0 spiro atoms. The Morgan fingerprint density at radius 3 is 2.40 bits per heavy atom. The smallest absolute Gasteiger partial charge is 0.234 e. The van der Waals surface area contributed by atoms with Crippen LogP contribution in [0, 0.1) is 5.92 Å². The summed E-state index contributed by atoms with van der Waals surface area (Å²) in [5, 5.41) is 6.38. The third-order valence-corrected chi connectivity index (χ3v) is 4.76. The largest absolute Gasteiger partial charge is 0.353 e. The summed E-state index contributed by atoms with van der Waals surface area (Å²) in [6.07, 6.45) is 8.98. The average Bonchev–Trinajstić information content (AvgIpc) is 3.21. The number of rotatable bonds is 7. The van der Waals surface area contributed by atoms with Crippen molar-refractivity contribution in [2.24, 2.45) is 5.92 Å². The van der Waals surface area contributed by atoms with Crippen LogP contribution in [-0.4, -0.2) is 50.1 Å². The van der Waals surface area contributed by atoms with E-state index in [9.17, 15) is 4.79 Å². The molecule has 2 rings (SSSR count). The molecule has 0 aromatic carbocycles. The second-order valence-corrected chi connectivity index (χ2v) is 6.53. The Bertz CT molecular complexity index is 299. The van der Waals surface area contributed by atoms with Crippen LogP contribution < -0.4 is 10.6 Å². The summed E-state index contributed by atoms with van der Waals surface area (Å²) in [6, 6.07) is 0.